The highest BCUT2D eigenvalue weighted by Crippen LogP contribution is 2.47. The number of hydrogen-bond acceptors (Lipinski definition) is 3. The Hall–Kier alpha value is -3.47. The molecule has 0 aliphatic carbocycles. The van der Waals surface area contributed by atoms with Gasteiger partial charge in [0.1, 0.15) is 6.54 Å². The van der Waals surface area contributed by atoms with Gasteiger partial charge in [-0.1, -0.05) is 98.8 Å². The van der Waals surface area contributed by atoms with Crippen molar-refractivity contribution < 1.29 is 4.58 Å². The molecule has 2 heterocycles. The minimum atomic E-state index is -0.0761. The molecule has 2 aliphatic heterocycles. The highest BCUT2D eigenvalue weighted by atomic mass is 32.2. The molecule has 4 heteroatoms. The number of hydrogen-bond donors (Lipinski definition) is 2. The predicted octanol–water partition coefficient (Wildman–Crippen LogP) is 11.0. The largest absolute Gasteiger partial charge is 0.358 e. The van der Waals surface area contributed by atoms with E-state index >= 15 is 0 Å². The molecule has 0 aromatic heterocycles. The van der Waals surface area contributed by atoms with Gasteiger partial charge in [-0.3, -0.25) is 0 Å². The van der Waals surface area contributed by atoms with Gasteiger partial charge in [0, 0.05) is 40.9 Å². The smallest absolute Gasteiger partial charge is 0.210 e. The topological polar surface area (TPSA) is 15.0 Å². The third-order valence-corrected chi connectivity index (χ3v) is 9.89. The molecule has 232 valence electrons. The molecule has 4 aromatic rings. The Kier molecular flexibility index (Phi) is 10.5. The van der Waals surface area contributed by atoms with Crippen LogP contribution in [0.5, 0.6) is 0 Å². The van der Waals surface area contributed by atoms with E-state index < -0.39 is 0 Å². The minimum Gasteiger partial charge on any atom is -0.358 e. The Labute approximate surface area is 280 Å². The van der Waals surface area contributed by atoms with Crippen LogP contribution in [0, 0.1) is 0 Å². The van der Waals surface area contributed by atoms with Crippen LogP contribution < -0.4 is 5.32 Å². The van der Waals surface area contributed by atoms with Crippen LogP contribution >= 0.6 is 24.4 Å². The summed E-state index contributed by atoms with van der Waals surface area (Å²) in [5, 5.41) is 8.98. The number of thiol groups is 1. The van der Waals surface area contributed by atoms with E-state index in [4.69, 9.17) is 0 Å². The maximum Gasteiger partial charge on any atom is 0.210 e. The number of rotatable bonds is 9. The molecule has 0 radical (unpaired) electrons. The van der Waals surface area contributed by atoms with Crippen LogP contribution in [0.4, 0.5) is 11.4 Å². The second kappa shape index (κ2) is 14.3. The van der Waals surface area contributed by atoms with Gasteiger partial charge in [0.25, 0.3) is 0 Å². The number of unbranched alkanes of at least 4 members (excludes halogenated alkanes) is 1. The van der Waals surface area contributed by atoms with Crippen molar-refractivity contribution in [3.05, 3.63) is 132 Å². The summed E-state index contributed by atoms with van der Waals surface area (Å²) in [4.78, 5) is 0. The lowest BCUT2D eigenvalue weighted by molar-refractivity contribution is -0.438. The van der Waals surface area contributed by atoms with Gasteiger partial charge in [-0.15, -0.1) is 0 Å². The number of fused-ring (bicyclic) bond motifs is 6. The standard InChI is InChI=1S/C40H42N2S.CH4S/c1-39(2)35(41-33-25-23-29-17-11-13-19-31(29)37(33)39)21-9-7-6-8-10-22-36-40(3,4)38-32-20-14-12-18-30(32)24-26-34(38)42(36)27-15-16-28-43-5;1-2/h6-14,17-26H,15-16,27-28H2,1-5H3;2H,1H3/p+1. The maximum atomic E-state index is 3.68. The van der Waals surface area contributed by atoms with Crippen molar-refractivity contribution in [2.75, 3.05) is 30.1 Å². The van der Waals surface area contributed by atoms with Crippen LogP contribution in [0.25, 0.3) is 21.5 Å². The first kappa shape index (κ1) is 32.9. The Morgan fingerprint density at radius 2 is 1.33 bits per heavy atom. The van der Waals surface area contributed by atoms with E-state index in [0.717, 1.165) is 6.54 Å². The van der Waals surface area contributed by atoms with E-state index in [1.54, 1.807) is 6.26 Å². The van der Waals surface area contributed by atoms with Gasteiger partial charge in [0.2, 0.25) is 5.69 Å². The molecule has 0 amide bonds. The summed E-state index contributed by atoms with van der Waals surface area (Å²) in [6, 6.07) is 26.5. The van der Waals surface area contributed by atoms with Crippen molar-refractivity contribution in [3.8, 4) is 0 Å². The number of anilines is 1. The Morgan fingerprint density at radius 3 is 2.04 bits per heavy atom. The minimum absolute atomic E-state index is 0.0702. The van der Waals surface area contributed by atoms with E-state index in [-0.39, 0.29) is 10.8 Å². The van der Waals surface area contributed by atoms with Crippen molar-refractivity contribution in [2.24, 2.45) is 0 Å². The number of thioether (sulfide) groups is 1. The van der Waals surface area contributed by atoms with Gasteiger partial charge < -0.3 is 5.32 Å². The molecule has 2 aliphatic rings. The quantitative estimate of drug-likeness (QED) is 0.0827. The third-order valence-electron chi connectivity index (χ3n) is 9.19. The van der Waals surface area contributed by atoms with Gasteiger partial charge in [-0.2, -0.15) is 29.0 Å². The highest BCUT2D eigenvalue weighted by molar-refractivity contribution is 7.98. The fraction of sp³-hybridized carbons (Fsp3) is 0.293. The molecule has 0 bridgehead atoms. The summed E-state index contributed by atoms with van der Waals surface area (Å²) in [6.45, 7) is 10.4. The van der Waals surface area contributed by atoms with E-state index in [9.17, 15) is 0 Å². The van der Waals surface area contributed by atoms with Crippen LogP contribution in [0.3, 0.4) is 0 Å². The summed E-state index contributed by atoms with van der Waals surface area (Å²) in [7, 11) is 0. The number of nitrogens with one attached hydrogen (secondary N) is 1. The third kappa shape index (κ3) is 6.46. The summed E-state index contributed by atoms with van der Waals surface area (Å²) in [6.07, 6.45) is 21.6. The lowest BCUT2D eigenvalue weighted by atomic mass is 9.79. The number of benzene rings is 4. The van der Waals surface area contributed by atoms with Crippen LogP contribution in [0.1, 0.15) is 51.7 Å². The van der Waals surface area contributed by atoms with Crippen LogP contribution in [-0.4, -0.2) is 35.1 Å². The summed E-state index contributed by atoms with van der Waals surface area (Å²) >= 11 is 5.47. The van der Waals surface area contributed by atoms with Crippen molar-refractivity contribution in [2.45, 2.75) is 51.4 Å². The van der Waals surface area contributed by atoms with Crippen LogP contribution in [0.15, 0.2) is 121 Å². The Balaban J connectivity index is 0.00000196. The SMILES string of the molecule is CS.CSCCCC[N+]1=C(/C=C/C=C/C=C/C=C2\Nc3ccc4ccccc4c3C2(C)C)C(C)(C)c2c1ccc1ccccc21. The van der Waals surface area contributed by atoms with Crippen LogP contribution in [-0.2, 0) is 10.8 Å². The van der Waals surface area contributed by atoms with Crippen LogP contribution in [0.2, 0.25) is 0 Å². The molecule has 0 saturated heterocycles. The molecule has 6 rings (SSSR count). The van der Waals surface area contributed by atoms with Gasteiger partial charge in [0.15, 0.2) is 5.71 Å². The zero-order valence-corrected chi connectivity index (χ0v) is 29.3. The average Bonchev–Trinajstić information content (AvgIpc) is 3.44. The number of allylic oxidation sites excluding steroid dienone is 8. The average molecular weight is 632 g/mol. The van der Waals surface area contributed by atoms with E-state index in [2.05, 4.69) is 172 Å². The molecule has 0 fully saturated rings. The van der Waals surface area contributed by atoms with E-state index in [0.29, 0.717) is 0 Å². The van der Waals surface area contributed by atoms with Gasteiger partial charge in [0.05, 0.1) is 5.41 Å². The second-order valence-corrected chi connectivity index (χ2v) is 13.7. The molecular formula is C41H47N2S2+. The molecule has 2 nitrogen and oxygen atoms in total. The molecule has 0 atom stereocenters. The highest BCUT2D eigenvalue weighted by Gasteiger charge is 2.45. The van der Waals surface area contributed by atoms with E-state index in [1.807, 2.05) is 11.8 Å². The zero-order chi connectivity index (χ0) is 32.0. The van der Waals surface area contributed by atoms with Crippen molar-refractivity contribution in [3.63, 3.8) is 0 Å². The maximum absolute atomic E-state index is 3.68. The van der Waals surface area contributed by atoms with Gasteiger partial charge >= 0.3 is 0 Å². The summed E-state index contributed by atoms with van der Waals surface area (Å²) in [5.74, 6) is 1.22. The molecule has 0 saturated carbocycles. The molecule has 45 heavy (non-hydrogen) atoms. The van der Waals surface area contributed by atoms with E-state index in [1.165, 1.54) is 74.0 Å². The lowest BCUT2D eigenvalue weighted by Gasteiger charge is -2.21. The predicted molar refractivity (Wildman–Crippen MR) is 205 cm³/mol. The number of nitrogens with zero attached hydrogens (tertiary/aromatic N) is 1. The van der Waals surface area contributed by atoms with Gasteiger partial charge in [-0.25, -0.2) is 0 Å². The Morgan fingerprint density at radius 1 is 0.711 bits per heavy atom. The lowest BCUT2D eigenvalue weighted by Crippen LogP contribution is -2.28. The monoisotopic (exact) mass is 631 g/mol. The molecule has 0 spiro atoms. The first-order chi connectivity index (χ1) is 21.8. The molecule has 0 unspecified atom stereocenters. The normalized spacial score (nSPS) is 17.4. The fourth-order valence-electron chi connectivity index (χ4n) is 7.02. The molecular weight excluding hydrogens is 585 g/mol. The summed E-state index contributed by atoms with van der Waals surface area (Å²) < 4.78 is 2.57. The fourth-order valence-corrected chi connectivity index (χ4v) is 7.51. The van der Waals surface area contributed by atoms with Crippen molar-refractivity contribution in [1.82, 2.24) is 0 Å². The summed E-state index contributed by atoms with van der Waals surface area (Å²) in [5.41, 5.74) is 7.86. The first-order valence-electron chi connectivity index (χ1n) is 16.0. The Bertz CT molecular complexity index is 1840. The van der Waals surface area contributed by atoms with Gasteiger partial charge in [-0.05, 0) is 83.8 Å². The zero-order valence-electron chi connectivity index (χ0n) is 27.6. The molecule has 1 N–H and O–H groups in total. The van der Waals surface area contributed by atoms with Crippen molar-refractivity contribution in [1.29, 1.82) is 0 Å². The molecule has 4 aromatic carbocycles. The second-order valence-electron chi connectivity index (χ2n) is 12.7. The van der Waals surface area contributed by atoms with Crippen molar-refractivity contribution >= 4 is 63.0 Å². The first-order valence-corrected chi connectivity index (χ1v) is 18.2.